The number of rotatable bonds is 3. The Bertz CT molecular complexity index is 415. The summed E-state index contributed by atoms with van der Waals surface area (Å²) in [6, 6.07) is 0. The maximum Gasteiger partial charge on any atom is 0.409 e. The van der Waals surface area contributed by atoms with Gasteiger partial charge in [-0.2, -0.15) is 0 Å². The van der Waals surface area contributed by atoms with Gasteiger partial charge >= 0.3 is 12.2 Å². The van der Waals surface area contributed by atoms with Crippen LogP contribution in [0.1, 0.15) is 26.7 Å². The van der Waals surface area contributed by atoms with Gasteiger partial charge in [0.2, 0.25) is 5.91 Å². The standard InChI is InChI=1S/C16H27N3O5/c1-3-23-15(21)18-7-5-13(6-8-18)14(20)17-9-11-19(12-10-17)16(22)24-4-2/h13H,3-12H2,1-2H3. The highest BCUT2D eigenvalue weighted by atomic mass is 16.6. The van der Waals surface area contributed by atoms with E-state index >= 15 is 0 Å². The average molecular weight is 341 g/mol. The lowest BCUT2D eigenvalue weighted by atomic mass is 9.95. The summed E-state index contributed by atoms with van der Waals surface area (Å²) in [5.74, 6) is 0.0758. The fourth-order valence-corrected chi connectivity index (χ4v) is 3.11. The zero-order chi connectivity index (χ0) is 17.5. The second-order valence-corrected chi connectivity index (χ2v) is 5.97. The van der Waals surface area contributed by atoms with Crippen molar-refractivity contribution in [2.45, 2.75) is 26.7 Å². The lowest BCUT2D eigenvalue weighted by Crippen LogP contribution is -2.53. The Balaban J connectivity index is 1.76. The Labute approximate surface area is 142 Å². The topological polar surface area (TPSA) is 79.4 Å². The molecule has 0 unspecified atom stereocenters. The molecule has 3 amide bonds. The normalized spacial score (nSPS) is 19.2. The van der Waals surface area contributed by atoms with E-state index in [1.54, 1.807) is 23.6 Å². The summed E-state index contributed by atoms with van der Waals surface area (Å²) in [5, 5.41) is 0. The van der Waals surface area contributed by atoms with Crippen LogP contribution >= 0.6 is 0 Å². The van der Waals surface area contributed by atoms with Crippen LogP contribution in [-0.2, 0) is 14.3 Å². The van der Waals surface area contributed by atoms with Gasteiger partial charge in [-0.3, -0.25) is 4.79 Å². The van der Waals surface area contributed by atoms with Crippen LogP contribution in [-0.4, -0.2) is 85.3 Å². The number of piperazine rings is 1. The minimum Gasteiger partial charge on any atom is -0.450 e. The van der Waals surface area contributed by atoms with Crippen LogP contribution in [0.25, 0.3) is 0 Å². The Kier molecular flexibility index (Phi) is 6.69. The van der Waals surface area contributed by atoms with Crippen LogP contribution in [0.5, 0.6) is 0 Å². The molecule has 0 bridgehead atoms. The number of nitrogens with zero attached hydrogens (tertiary/aromatic N) is 3. The number of hydrogen-bond donors (Lipinski definition) is 0. The molecule has 0 atom stereocenters. The SMILES string of the molecule is CCOC(=O)N1CCC(C(=O)N2CCN(C(=O)OCC)CC2)CC1. The summed E-state index contributed by atoms with van der Waals surface area (Å²) >= 11 is 0. The number of likely N-dealkylation sites (tertiary alicyclic amines) is 1. The largest absolute Gasteiger partial charge is 0.450 e. The number of hydrogen-bond acceptors (Lipinski definition) is 5. The maximum atomic E-state index is 12.6. The quantitative estimate of drug-likeness (QED) is 0.769. The molecule has 0 aromatic carbocycles. The summed E-state index contributed by atoms with van der Waals surface area (Å²) < 4.78 is 9.97. The van der Waals surface area contributed by atoms with Gasteiger partial charge in [0.1, 0.15) is 0 Å². The van der Waals surface area contributed by atoms with Gasteiger partial charge in [0, 0.05) is 45.2 Å². The second kappa shape index (κ2) is 8.75. The molecule has 2 saturated heterocycles. The van der Waals surface area contributed by atoms with Crippen molar-refractivity contribution in [2.75, 3.05) is 52.5 Å². The average Bonchev–Trinajstić information content (AvgIpc) is 2.62. The lowest BCUT2D eigenvalue weighted by molar-refractivity contribution is -0.138. The zero-order valence-corrected chi connectivity index (χ0v) is 14.5. The lowest BCUT2D eigenvalue weighted by Gasteiger charge is -2.38. The maximum absolute atomic E-state index is 12.6. The Morgan fingerprint density at radius 1 is 0.750 bits per heavy atom. The molecule has 8 nitrogen and oxygen atoms in total. The van der Waals surface area contributed by atoms with E-state index in [2.05, 4.69) is 0 Å². The van der Waals surface area contributed by atoms with Crippen molar-refractivity contribution in [3.05, 3.63) is 0 Å². The van der Waals surface area contributed by atoms with Gasteiger partial charge in [0.05, 0.1) is 13.2 Å². The fourth-order valence-electron chi connectivity index (χ4n) is 3.11. The van der Waals surface area contributed by atoms with E-state index in [4.69, 9.17) is 9.47 Å². The molecule has 8 heteroatoms. The van der Waals surface area contributed by atoms with Gasteiger partial charge < -0.3 is 24.2 Å². The van der Waals surface area contributed by atoms with Gasteiger partial charge in [-0.05, 0) is 26.7 Å². The molecule has 2 aliphatic rings. The van der Waals surface area contributed by atoms with Crippen LogP contribution in [0.2, 0.25) is 0 Å². The third kappa shape index (κ3) is 4.52. The molecule has 0 aromatic rings. The van der Waals surface area contributed by atoms with E-state index in [1.807, 2.05) is 4.90 Å². The number of ether oxygens (including phenoxy) is 2. The molecule has 0 saturated carbocycles. The fraction of sp³-hybridized carbons (Fsp3) is 0.812. The molecule has 2 aliphatic heterocycles. The first kappa shape index (κ1) is 18.4. The minimum atomic E-state index is -0.313. The summed E-state index contributed by atoms with van der Waals surface area (Å²) in [7, 11) is 0. The summed E-state index contributed by atoms with van der Waals surface area (Å²) in [6.07, 6.45) is 0.713. The van der Waals surface area contributed by atoms with Gasteiger partial charge in [-0.15, -0.1) is 0 Å². The monoisotopic (exact) mass is 341 g/mol. The number of amides is 3. The zero-order valence-electron chi connectivity index (χ0n) is 14.5. The minimum absolute atomic E-state index is 0.0511. The predicted octanol–water partition coefficient (Wildman–Crippen LogP) is 1.16. The summed E-state index contributed by atoms with van der Waals surface area (Å²) in [5.41, 5.74) is 0. The highest BCUT2D eigenvalue weighted by Gasteiger charge is 2.32. The highest BCUT2D eigenvalue weighted by molar-refractivity contribution is 5.80. The molecule has 2 rings (SSSR count). The van der Waals surface area contributed by atoms with Gasteiger partial charge in [0.25, 0.3) is 0 Å². The third-order valence-electron chi connectivity index (χ3n) is 4.49. The number of carbonyl (C=O) groups excluding carboxylic acids is 3. The van der Waals surface area contributed by atoms with Gasteiger partial charge in [-0.1, -0.05) is 0 Å². The van der Waals surface area contributed by atoms with E-state index < -0.39 is 0 Å². The first-order valence-electron chi connectivity index (χ1n) is 8.69. The molecule has 2 heterocycles. The third-order valence-corrected chi connectivity index (χ3v) is 4.49. The highest BCUT2D eigenvalue weighted by Crippen LogP contribution is 2.21. The Morgan fingerprint density at radius 3 is 1.62 bits per heavy atom. The first-order chi connectivity index (χ1) is 11.6. The van der Waals surface area contributed by atoms with Crippen molar-refractivity contribution in [3.8, 4) is 0 Å². The van der Waals surface area contributed by atoms with Crippen molar-refractivity contribution >= 4 is 18.1 Å². The smallest absolute Gasteiger partial charge is 0.409 e. The molecular formula is C16H27N3O5. The van der Waals surface area contributed by atoms with Crippen LogP contribution < -0.4 is 0 Å². The van der Waals surface area contributed by atoms with E-state index in [0.29, 0.717) is 65.3 Å². The number of piperidine rings is 1. The molecular weight excluding hydrogens is 314 g/mol. The second-order valence-electron chi connectivity index (χ2n) is 5.97. The van der Waals surface area contributed by atoms with Crippen molar-refractivity contribution in [1.29, 1.82) is 0 Å². The van der Waals surface area contributed by atoms with Crippen molar-refractivity contribution in [2.24, 2.45) is 5.92 Å². The Hall–Kier alpha value is -1.99. The summed E-state index contributed by atoms with van der Waals surface area (Å²) in [4.78, 5) is 41.1. The molecule has 0 aliphatic carbocycles. The van der Waals surface area contributed by atoms with E-state index in [9.17, 15) is 14.4 Å². The van der Waals surface area contributed by atoms with Gasteiger partial charge in [0.15, 0.2) is 0 Å². The van der Waals surface area contributed by atoms with Crippen LogP contribution in [0.4, 0.5) is 9.59 Å². The van der Waals surface area contributed by atoms with Crippen LogP contribution in [0.3, 0.4) is 0 Å². The number of carbonyl (C=O) groups is 3. The molecule has 24 heavy (non-hydrogen) atoms. The first-order valence-corrected chi connectivity index (χ1v) is 8.69. The van der Waals surface area contributed by atoms with Crippen LogP contribution in [0, 0.1) is 5.92 Å². The van der Waals surface area contributed by atoms with E-state index in [1.165, 1.54) is 0 Å². The molecule has 2 fully saturated rings. The van der Waals surface area contributed by atoms with Crippen molar-refractivity contribution in [3.63, 3.8) is 0 Å². The Morgan fingerprint density at radius 2 is 1.17 bits per heavy atom. The molecule has 136 valence electrons. The molecule has 0 N–H and O–H groups in total. The van der Waals surface area contributed by atoms with Crippen molar-refractivity contribution in [1.82, 2.24) is 14.7 Å². The van der Waals surface area contributed by atoms with Crippen molar-refractivity contribution < 1.29 is 23.9 Å². The van der Waals surface area contributed by atoms with Gasteiger partial charge in [-0.25, -0.2) is 9.59 Å². The van der Waals surface area contributed by atoms with Crippen LogP contribution in [0.15, 0.2) is 0 Å². The molecule has 0 radical (unpaired) electrons. The molecule has 0 aromatic heterocycles. The van der Waals surface area contributed by atoms with E-state index in [-0.39, 0.29) is 24.0 Å². The predicted molar refractivity (Wildman–Crippen MR) is 86.5 cm³/mol. The van der Waals surface area contributed by atoms with E-state index in [0.717, 1.165) is 0 Å². The molecule has 0 spiro atoms. The summed E-state index contributed by atoms with van der Waals surface area (Å²) in [6.45, 7) is 7.48.